The monoisotopic (exact) mass is 185 g/mol. The van der Waals surface area contributed by atoms with E-state index in [0.29, 0.717) is 5.41 Å². The van der Waals surface area contributed by atoms with Crippen LogP contribution in [0.2, 0.25) is 0 Å². The molecule has 0 spiro atoms. The Bertz CT molecular complexity index is 124. The summed E-state index contributed by atoms with van der Waals surface area (Å²) in [5.74, 6) is 0.904. The minimum Gasteiger partial charge on any atom is -0.306 e. The number of likely N-dealkylation sites (tertiary alicyclic amines) is 1. The van der Waals surface area contributed by atoms with Gasteiger partial charge in [0, 0.05) is 6.54 Å². The van der Waals surface area contributed by atoms with E-state index in [0.717, 1.165) is 5.92 Å². The van der Waals surface area contributed by atoms with Crippen molar-refractivity contribution in [1.29, 1.82) is 0 Å². The van der Waals surface area contributed by atoms with Crippen LogP contribution in [0.5, 0.6) is 0 Å². The Balaban J connectivity index is 0.000000671. The van der Waals surface area contributed by atoms with Gasteiger partial charge in [-0.1, -0.05) is 34.6 Å². The second-order valence-corrected chi connectivity index (χ2v) is 4.97. The van der Waals surface area contributed by atoms with Crippen molar-refractivity contribution in [2.24, 2.45) is 11.3 Å². The highest BCUT2D eigenvalue weighted by Gasteiger charge is 2.27. The maximum Gasteiger partial charge on any atom is 0.00116 e. The molecule has 1 saturated heterocycles. The van der Waals surface area contributed by atoms with E-state index in [1.165, 1.54) is 25.9 Å². The van der Waals surface area contributed by atoms with Crippen LogP contribution in [0.4, 0.5) is 0 Å². The average Bonchev–Trinajstić information content (AvgIpc) is 2.06. The fourth-order valence-corrected chi connectivity index (χ4v) is 1.87. The molecular formula is C12H27N. The summed E-state index contributed by atoms with van der Waals surface area (Å²) in [6.07, 6.45) is 2.81. The van der Waals surface area contributed by atoms with Gasteiger partial charge in [-0.2, -0.15) is 0 Å². The summed E-state index contributed by atoms with van der Waals surface area (Å²) in [7, 11) is 2.23. The number of hydrogen-bond donors (Lipinski definition) is 0. The van der Waals surface area contributed by atoms with Gasteiger partial charge in [-0.15, -0.1) is 0 Å². The molecule has 1 heteroatoms. The topological polar surface area (TPSA) is 3.24 Å². The molecule has 1 heterocycles. The Morgan fingerprint density at radius 3 is 2.00 bits per heavy atom. The van der Waals surface area contributed by atoms with Crippen LogP contribution in [0.3, 0.4) is 0 Å². The van der Waals surface area contributed by atoms with Gasteiger partial charge in [0.25, 0.3) is 0 Å². The lowest BCUT2D eigenvalue weighted by atomic mass is 9.76. The standard InChI is InChI=1S/C10H21N.C2H6/c1-10(2,3)9-6-5-7-11(4)8-9;1-2/h9H,5-8H2,1-4H3;1-2H3. The predicted molar refractivity (Wildman–Crippen MR) is 61.0 cm³/mol. The molecule has 0 radical (unpaired) electrons. The smallest absolute Gasteiger partial charge is 0.00116 e. The molecule has 0 aromatic heterocycles. The van der Waals surface area contributed by atoms with Crippen molar-refractivity contribution in [3.8, 4) is 0 Å². The van der Waals surface area contributed by atoms with Crippen LogP contribution >= 0.6 is 0 Å². The van der Waals surface area contributed by atoms with Crippen molar-refractivity contribution >= 4 is 0 Å². The first-order chi connectivity index (χ1) is 6.00. The van der Waals surface area contributed by atoms with E-state index in [1.807, 2.05) is 13.8 Å². The summed E-state index contributed by atoms with van der Waals surface area (Å²) in [4.78, 5) is 2.46. The lowest BCUT2D eigenvalue weighted by Crippen LogP contribution is -2.38. The molecule has 0 aromatic carbocycles. The maximum absolute atomic E-state index is 2.46. The normalized spacial score (nSPS) is 24.9. The largest absolute Gasteiger partial charge is 0.306 e. The molecule has 80 valence electrons. The Labute approximate surface area is 84.5 Å². The molecule has 1 rings (SSSR count). The Hall–Kier alpha value is -0.0400. The van der Waals surface area contributed by atoms with E-state index in [-0.39, 0.29) is 0 Å². The van der Waals surface area contributed by atoms with E-state index in [9.17, 15) is 0 Å². The Kier molecular flexibility index (Phi) is 5.62. The second kappa shape index (κ2) is 5.64. The molecule has 0 amide bonds. The number of piperidine rings is 1. The van der Waals surface area contributed by atoms with Crippen LogP contribution in [0.25, 0.3) is 0 Å². The summed E-state index contributed by atoms with van der Waals surface area (Å²) >= 11 is 0. The van der Waals surface area contributed by atoms with Crippen molar-refractivity contribution in [2.75, 3.05) is 20.1 Å². The van der Waals surface area contributed by atoms with E-state index in [2.05, 4.69) is 32.7 Å². The van der Waals surface area contributed by atoms with Gasteiger partial charge in [0.1, 0.15) is 0 Å². The van der Waals surface area contributed by atoms with E-state index < -0.39 is 0 Å². The number of rotatable bonds is 0. The van der Waals surface area contributed by atoms with Gasteiger partial charge in [0.05, 0.1) is 0 Å². The first-order valence-corrected chi connectivity index (χ1v) is 5.68. The van der Waals surface area contributed by atoms with Crippen molar-refractivity contribution < 1.29 is 0 Å². The first kappa shape index (κ1) is 13.0. The van der Waals surface area contributed by atoms with Gasteiger partial charge < -0.3 is 4.90 Å². The minimum absolute atomic E-state index is 0.509. The first-order valence-electron chi connectivity index (χ1n) is 5.68. The van der Waals surface area contributed by atoms with Crippen LogP contribution in [-0.2, 0) is 0 Å². The zero-order chi connectivity index (χ0) is 10.5. The molecule has 0 aromatic rings. The molecule has 13 heavy (non-hydrogen) atoms. The number of hydrogen-bond acceptors (Lipinski definition) is 1. The Morgan fingerprint density at radius 1 is 1.15 bits per heavy atom. The molecule has 0 bridgehead atoms. The fourth-order valence-electron chi connectivity index (χ4n) is 1.87. The van der Waals surface area contributed by atoms with E-state index >= 15 is 0 Å². The van der Waals surface area contributed by atoms with Gasteiger partial charge in [0.2, 0.25) is 0 Å². The van der Waals surface area contributed by atoms with Gasteiger partial charge in [-0.25, -0.2) is 0 Å². The van der Waals surface area contributed by atoms with Crippen LogP contribution in [0.1, 0.15) is 47.5 Å². The van der Waals surface area contributed by atoms with Crippen LogP contribution < -0.4 is 0 Å². The summed E-state index contributed by atoms with van der Waals surface area (Å²) < 4.78 is 0. The van der Waals surface area contributed by atoms with Gasteiger partial charge >= 0.3 is 0 Å². The highest BCUT2D eigenvalue weighted by atomic mass is 15.1. The van der Waals surface area contributed by atoms with E-state index in [4.69, 9.17) is 0 Å². The molecule has 1 aliphatic heterocycles. The van der Waals surface area contributed by atoms with Crippen molar-refractivity contribution in [3.05, 3.63) is 0 Å². The molecule has 1 fully saturated rings. The van der Waals surface area contributed by atoms with Crippen LogP contribution in [0.15, 0.2) is 0 Å². The molecule has 0 aliphatic carbocycles. The van der Waals surface area contributed by atoms with Gasteiger partial charge in [0.15, 0.2) is 0 Å². The molecule has 1 nitrogen and oxygen atoms in total. The molecule has 1 unspecified atom stereocenters. The summed E-state index contributed by atoms with van der Waals surface area (Å²) in [6, 6.07) is 0. The van der Waals surface area contributed by atoms with Crippen LogP contribution in [0, 0.1) is 11.3 Å². The van der Waals surface area contributed by atoms with Gasteiger partial charge in [-0.3, -0.25) is 0 Å². The SMILES string of the molecule is CC.CN1CCCC(C(C)(C)C)C1. The fraction of sp³-hybridized carbons (Fsp3) is 1.00. The third-order valence-electron chi connectivity index (χ3n) is 2.85. The Morgan fingerprint density at radius 2 is 1.69 bits per heavy atom. The third-order valence-corrected chi connectivity index (χ3v) is 2.85. The highest BCUT2D eigenvalue weighted by Crippen LogP contribution is 2.32. The highest BCUT2D eigenvalue weighted by molar-refractivity contribution is 4.79. The maximum atomic E-state index is 2.46. The van der Waals surface area contributed by atoms with Crippen molar-refractivity contribution in [3.63, 3.8) is 0 Å². The average molecular weight is 185 g/mol. The van der Waals surface area contributed by atoms with E-state index in [1.54, 1.807) is 0 Å². The quantitative estimate of drug-likeness (QED) is 0.559. The predicted octanol–water partition coefficient (Wildman–Crippen LogP) is 3.40. The summed E-state index contributed by atoms with van der Waals surface area (Å²) in [6.45, 7) is 13.7. The van der Waals surface area contributed by atoms with Crippen molar-refractivity contribution in [1.82, 2.24) is 4.90 Å². The second-order valence-electron chi connectivity index (χ2n) is 4.97. The molecule has 0 saturated carbocycles. The zero-order valence-corrected chi connectivity index (χ0v) is 10.4. The molecule has 0 N–H and O–H groups in total. The zero-order valence-electron chi connectivity index (χ0n) is 10.4. The lowest BCUT2D eigenvalue weighted by molar-refractivity contribution is 0.118. The number of nitrogens with zero attached hydrogens (tertiary/aromatic N) is 1. The van der Waals surface area contributed by atoms with Gasteiger partial charge in [-0.05, 0) is 37.8 Å². The third kappa shape index (κ3) is 4.66. The minimum atomic E-state index is 0.509. The lowest BCUT2D eigenvalue weighted by Gasteiger charge is -2.38. The van der Waals surface area contributed by atoms with Crippen molar-refractivity contribution in [2.45, 2.75) is 47.5 Å². The molecule has 1 aliphatic rings. The molecular weight excluding hydrogens is 158 g/mol. The molecule has 1 atom stereocenters. The summed E-state index contributed by atoms with van der Waals surface area (Å²) in [5, 5.41) is 0. The summed E-state index contributed by atoms with van der Waals surface area (Å²) in [5.41, 5.74) is 0.509. The van der Waals surface area contributed by atoms with Crippen LogP contribution in [-0.4, -0.2) is 25.0 Å².